The van der Waals surface area contributed by atoms with Crippen LogP contribution < -0.4 is 0 Å². The van der Waals surface area contributed by atoms with Gasteiger partial charge >= 0.3 is 0 Å². The molecule has 11 heavy (non-hydrogen) atoms. The zero-order valence-electron chi connectivity index (χ0n) is 7.77. The third kappa shape index (κ3) is 3.60. The van der Waals surface area contributed by atoms with Crippen molar-refractivity contribution in [2.45, 2.75) is 46.0 Å². The van der Waals surface area contributed by atoms with E-state index in [0.29, 0.717) is 0 Å². The van der Waals surface area contributed by atoms with Crippen LogP contribution >= 0.6 is 0 Å². The van der Waals surface area contributed by atoms with Crippen molar-refractivity contribution in [1.29, 1.82) is 0 Å². The fraction of sp³-hybridized carbons (Fsp3) is 0.727. The lowest BCUT2D eigenvalue weighted by Gasteiger charge is -2.16. The monoisotopic (exact) mass is 151 g/mol. The van der Waals surface area contributed by atoms with Gasteiger partial charge in [0, 0.05) is 0 Å². The molecule has 63 valence electrons. The summed E-state index contributed by atoms with van der Waals surface area (Å²) in [6.07, 6.45) is 11.4. The predicted octanol–water partition coefficient (Wildman–Crippen LogP) is 3.74. The second-order valence-electron chi connectivity index (χ2n) is 3.89. The first-order chi connectivity index (χ1) is 5.29. The lowest BCUT2D eigenvalue weighted by atomic mass is 9.90. The molecule has 0 atom stereocenters. The Morgan fingerprint density at radius 2 is 2.27 bits per heavy atom. The van der Waals surface area contributed by atoms with E-state index in [2.05, 4.69) is 26.0 Å². The first-order valence-corrected chi connectivity index (χ1v) is 4.80. The number of hydrogen-bond donors (Lipinski definition) is 0. The van der Waals surface area contributed by atoms with E-state index >= 15 is 0 Å². The minimum Gasteiger partial charge on any atom is -0.0879 e. The van der Waals surface area contributed by atoms with Gasteiger partial charge in [-0.1, -0.05) is 32.4 Å². The summed E-state index contributed by atoms with van der Waals surface area (Å²) in [7, 11) is 0. The first kappa shape index (κ1) is 8.83. The maximum Gasteiger partial charge on any atom is -0.00271 e. The number of hydrogen-bond acceptors (Lipinski definition) is 0. The summed E-state index contributed by atoms with van der Waals surface area (Å²) in [6.45, 7) is 4.60. The molecule has 0 heteroatoms. The van der Waals surface area contributed by atoms with E-state index in [1.807, 2.05) is 0 Å². The zero-order chi connectivity index (χ0) is 8.10. The average Bonchev–Trinajstić information content (AvgIpc) is 2.03. The second-order valence-corrected chi connectivity index (χ2v) is 3.89. The molecular formula is C11H19. The number of rotatable bonds is 3. The summed E-state index contributed by atoms with van der Waals surface area (Å²) >= 11 is 0. The molecule has 1 rings (SSSR count). The van der Waals surface area contributed by atoms with Crippen LogP contribution in [0, 0.1) is 11.8 Å². The van der Waals surface area contributed by atoms with Gasteiger partial charge in [0.15, 0.2) is 0 Å². The van der Waals surface area contributed by atoms with Crippen LogP contribution in [0.2, 0.25) is 0 Å². The molecule has 0 aliphatic heterocycles. The minimum atomic E-state index is 0.859. The van der Waals surface area contributed by atoms with Crippen molar-refractivity contribution in [3.05, 3.63) is 18.1 Å². The highest BCUT2D eigenvalue weighted by Crippen LogP contribution is 2.24. The van der Waals surface area contributed by atoms with E-state index in [9.17, 15) is 0 Å². The van der Waals surface area contributed by atoms with Crippen molar-refractivity contribution in [1.82, 2.24) is 0 Å². The highest BCUT2D eigenvalue weighted by molar-refractivity contribution is 5.12. The lowest BCUT2D eigenvalue weighted by Crippen LogP contribution is -2.00. The van der Waals surface area contributed by atoms with Crippen molar-refractivity contribution in [3.8, 4) is 0 Å². The summed E-state index contributed by atoms with van der Waals surface area (Å²) in [5.41, 5.74) is 0. The van der Waals surface area contributed by atoms with Crippen LogP contribution in [0.3, 0.4) is 0 Å². The maximum absolute atomic E-state index is 2.34. The molecule has 0 aromatic carbocycles. The molecule has 0 amide bonds. The van der Waals surface area contributed by atoms with E-state index in [-0.39, 0.29) is 0 Å². The molecule has 0 saturated carbocycles. The van der Waals surface area contributed by atoms with Gasteiger partial charge in [-0.25, -0.2) is 0 Å². The van der Waals surface area contributed by atoms with Crippen molar-refractivity contribution in [2.75, 3.05) is 0 Å². The van der Waals surface area contributed by atoms with Crippen LogP contribution in [0.1, 0.15) is 46.0 Å². The summed E-state index contributed by atoms with van der Waals surface area (Å²) < 4.78 is 0. The van der Waals surface area contributed by atoms with Crippen LogP contribution in [0.4, 0.5) is 0 Å². The van der Waals surface area contributed by atoms with Gasteiger partial charge in [-0.05, 0) is 37.5 Å². The molecule has 0 fully saturated rings. The molecule has 1 aliphatic carbocycles. The zero-order valence-corrected chi connectivity index (χ0v) is 7.77. The van der Waals surface area contributed by atoms with Crippen LogP contribution in [0.5, 0.6) is 0 Å². The smallest absolute Gasteiger partial charge is 0.00271 e. The molecule has 0 bridgehead atoms. The molecule has 0 aromatic heterocycles. The Bertz CT molecular complexity index is 122. The molecule has 0 spiro atoms. The summed E-state index contributed by atoms with van der Waals surface area (Å²) in [4.78, 5) is 0. The molecule has 0 unspecified atom stereocenters. The Morgan fingerprint density at radius 1 is 1.45 bits per heavy atom. The summed E-state index contributed by atoms with van der Waals surface area (Å²) in [5, 5.41) is 0. The summed E-state index contributed by atoms with van der Waals surface area (Å²) in [5.74, 6) is 2.53. The Balaban J connectivity index is 2.15. The van der Waals surface area contributed by atoms with Gasteiger partial charge < -0.3 is 0 Å². The van der Waals surface area contributed by atoms with Gasteiger partial charge in [0.25, 0.3) is 0 Å². The minimum absolute atomic E-state index is 0.859. The normalized spacial score (nSPS) is 19.5. The van der Waals surface area contributed by atoms with Crippen molar-refractivity contribution in [3.63, 3.8) is 0 Å². The van der Waals surface area contributed by atoms with Gasteiger partial charge in [-0.2, -0.15) is 0 Å². The largest absolute Gasteiger partial charge is 0.0879 e. The second kappa shape index (κ2) is 4.58. The quantitative estimate of drug-likeness (QED) is 0.576. The SMILES string of the molecule is CC(C)CC[C]1C=CCCC1. The Labute approximate surface area is 70.7 Å². The van der Waals surface area contributed by atoms with Crippen LogP contribution in [-0.4, -0.2) is 0 Å². The topological polar surface area (TPSA) is 0 Å². The van der Waals surface area contributed by atoms with E-state index in [4.69, 9.17) is 0 Å². The maximum atomic E-state index is 2.34. The molecule has 0 aromatic rings. The number of allylic oxidation sites excluding steroid dienone is 2. The van der Waals surface area contributed by atoms with Crippen molar-refractivity contribution < 1.29 is 0 Å². The third-order valence-corrected chi connectivity index (χ3v) is 2.27. The fourth-order valence-corrected chi connectivity index (χ4v) is 1.46. The third-order valence-electron chi connectivity index (χ3n) is 2.27. The van der Waals surface area contributed by atoms with Gasteiger partial charge in [0.05, 0.1) is 0 Å². The van der Waals surface area contributed by atoms with E-state index in [1.165, 1.54) is 32.1 Å². The van der Waals surface area contributed by atoms with E-state index in [1.54, 1.807) is 5.92 Å². The van der Waals surface area contributed by atoms with Crippen LogP contribution in [-0.2, 0) is 0 Å². The molecule has 0 N–H and O–H groups in total. The predicted molar refractivity (Wildman–Crippen MR) is 50.3 cm³/mol. The molecule has 0 nitrogen and oxygen atoms in total. The molecule has 0 heterocycles. The Hall–Kier alpha value is -0.260. The van der Waals surface area contributed by atoms with Gasteiger partial charge in [-0.15, -0.1) is 0 Å². The van der Waals surface area contributed by atoms with E-state index < -0.39 is 0 Å². The standard InChI is InChI=1S/C11H19/c1-10(2)8-9-11-6-4-3-5-7-11/h4,6,10H,3,5,7-9H2,1-2H3. The molecule has 1 aliphatic rings. The first-order valence-electron chi connectivity index (χ1n) is 4.80. The van der Waals surface area contributed by atoms with Crippen molar-refractivity contribution >= 4 is 0 Å². The molecule has 0 saturated heterocycles. The van der Waals surface area contributed by atoms with Crippen LogP contribution in [0.25, 0.3) is 0 Å². The highest BCUT2D eigenvalue weighted by atomic mass is 14.1. The van der Waals surface area contributed by atoms with Crippen LogP contribution in [0.15, 0.2) is 12.2 Å². The van der Waals surface area contributed by atoms with Gasteiger partial charge in [0.2, 0.25) is 0 Å². The van der Waals surface area contributed by atoms with Gasteiger partial charge in [0.1, 0.15) is 0 Å². The highest BCUT2D eigenvalue weighted by Gasteiger charge is 2.08. The van der Waals surface area contributed by atoms with Gasteiger partial charge in [-0.3, -0.25) is 0 Å². The van der Waals surface area contributed by atoms with Crippen molar-refractivity contribution in [2.24, 2.45) is 5.92 Å². The van der Waals surface area contributed by atoms with E-state index in [0.717, 1.165) is 5.92 Å². The lowest BCUT2D eigenvalue weighted by molar-refractivity contribution is 0.549. The average molecular weight is 151 g/mol. The Kier molecular flexibility index (Phi) is 3.68. The molecule has 1 radical (unpaired) electrons. The summed E-state index contributed by atoms with van der Waals surface area (Å²) in [6, 6.07) is 0. The fourth-order valence-electron chi connectivity index (χ4n) is 1.46. The molecular weight excluding hydrogens is 132 g/mol. The Morgan fingerprint density at radius 3 is 2.82 bits per heavy atom.